The molecule has 0 spiro atoms. The molecule has 21 heavy (non-hydrogen) atoms. The molecule has 0 unspecified atom stereocenters. The fourth-order valence-electron chi connectivity index (χ4n) is 1.95. The highest BCUT2D eigenvalue weighted by Crippen LogP contribution is 2.20. The first-order valence-corrected chi connectivity index (χ1v) is 6.26. The van der Waals surface area contributed by atoms with E-state index in [1.54, 1.807) is 18.2 Å². The number of carbonyl (C=O) groups is 1. The summed E-state index contributed by atoms with van der Waals surface area (Å²) in [5.41, 5.74) is 5.87. The Bertz CT molecular complexity index is 674. The SMILES string of the molecule is NCCc1ccccc1C(=O)Nc1cc(F)cc(F)c1F. The van der Waals surface area contributed by atoms with E-state index < -0.39 is 29.0 Å². The minimum Gasteiger partial charge on any atom is -0.330 e. The van der Waals surface area contributed by atoms with E-state index in [0.29, 0.717) is 24.6 Å². The minimum atomic E-state index is -1.36. The number of hydrogen-bond acceptors (Lipinski definition) is 2. The smallest absolute Gasteiger partial charge is 0.256 e. The lowest BCUT2D eigenvalue weighted by molar-refractivity contribution is 0.102. The van der Waals surface area contributed by atoms with E-state index in [1.165, 1.54) is 6.07 Å². The van der Waals surface area contributed by atoms with Crippen LogP contribution in [-0.4, -0.2) is 12.5 Å². The van der Waals surface area contributed by atoms with Gasteiger partial charge < -0.3 is 11.1 Å². The summed E-state index contributed by atoms with van der Waals surface area (Å²) in [4.78, 5) is 12.1. The fourth-order valence-corrected chi connectivity index (χ4v) is 1.95. The Kier molecular flexibility index (Phi) is 4.59. The third kappa shape index (κ3) is 3.41. The van der Waals surface area contributed by atoms with Crippen LogP contribution in [0.1, 0.15) is 15.9 Å². The average molecular weight is 294 g/mol. The topological polar surface area (TPSA) is 55.1 Å². The lowest BCUT2D eigenvalue weighted by Crippen LogP contribution is -2.17. The first-order chi connectivity index (χ1) is 10.0. The van der Waals surface area contributed by atoms with Gasteiger partial charge in [-0.1, -0.05) is 18.2 Å². The van der Waals surface area contributed by atoms with Crippen LogP contribution in [0.25, 0.3) is 0 Å². The zero-order valence-electron chi connectivity index (χ0n) is 11.0. The Morgan fingerprint density at radius 1 is 1.14 bits per heavy atom. The summed E-state index contributed by atoms with van der Waals surface area (Å²) in [5.74, 6) is -4.29. The molecule has 0 aliphatic carbocycles. The molecule has 3 N–H and O–H groups in total. The molecule has 110 valence electrons. The summed E-state index contributed by atoms with van der Waals surface area (Å²) in [6.07, 6.45) is 0.462. The van der Waals surface area contributed by atoms with Crippen molar-refractivity contribution in [2.75, 3.05) is 11.9 Å². The monoisotopic (exact) mass is 294 g/mol. The predicted octanol–water partition coefficient (Wildman–Crippen LogP) is 2.86. The van der Waals surface area contributed by atoms with Gasteiger partial charge in [-0.25, -0.2) is 13.2 Å². The Labute approximate surface area is 119 Å². The van der Waals surface area contributed by atoms with Crippen LogP contribution < -0.4 is 11.1 Å². The molecule has 0 bridgehead atoms. The molecule has 0 aromatic heterocycles. The number of rotatable bonds is 4. The van der Waals surface area contributed by atoms with Gasteiger partial charge in [0.1, 0.15) is 5.82 Å². The van der Waals surface area contributed by atoms with Crippen LogP contribution in [-0.2, 0) is 6.42 Å². The van der Waals surface area contributed by atoms with E-state index in [2.05, 4.69) is 5.32 Å². The van der Waals surface area contributed by atoms with Crippen molar-refractivity contribution in [1.82, 2.24) is 0 Å². The van der Waals surface area contributed by atoms with Crippen LogP contribution in [0, 0.1) is 17.5 Å². The maximum atomic E-state index is 13.5. The molecule has 0 aliphatic rings. The Hall–Kier alpha value is -2.34. The molecule has 0 saturated carbocycles. The maximum Gasteiger partial charge on any atom is 0.256 e. The van der Waals surface area contributed by atoms with Crippen molar-refractivity contribution in [3.05, 3.63) is 65.0 Å². The molecule has 6 heteroatoms. The summed E-state index contributed by atoms with van der Waals surface area (Å²) >= 11 is 0. The highest BCUT2D eigenvalue weighted by Gasteiger charge is 2.16. The zero-order chi connectivity index (χ0) is 15.4. The highest BCUT2D eigenvalue weighted by molar-refractivity contribution is 6.05. The van der Waals surface area contributed by atoms with Gasteiger partial charge in [-0.3, -0.25) is 4.79 Å². The molecule has 3 nitrogen and oxygen atoms in total. The van der Waals surface area contributed by atoms with Crippen molar-refractivity contribution < 1.29 is 18.0 Å². The highest BCUT2D eigenvalue weighted by atomic mass is 19.2. The summed E-state index contributed by atoms with van der Waals surface area (Å²) in [5, 5.41) is 2.17. The van der Waals surface area contributed by atoms with Crippen molar-refractivity contribution in [3.8, 4) is 0 Å². The van der Waals surface area contributed by atoms with Gasteiger partial charge in [0, 0.05) is 17.7 Å². The van der Waals surface area contributed by atoms with E-state index >= 15 is 0 Å². The standard InChI is InChI=1S/C15H13F3N2O/c16-10-7-12(17)14(18)13(8-10)20-15(21)11-4-2-1-3-9(11)5-6-19/h1-4,7-8H,5-6,19H2,(H,20,21). The second-order valence-electron chi connectivity index (χ2n) is 4.40. The maximum absolute atomic E-state index is 13.5. The van der Waals surface area contributed by atoms with Gasteiger partial charge in [0.15, 0.2) is 11.6 Å². The molecular formula is C15H13F3N2O. The fraction of sp³-hybridized carbons (Fsp3) is 0.133. The van der Waals surface area contributed by atoms with Gasteiger partial charge in [0.05, 0.1) is 5.69 Å². The number of halogens is 3. The first-order valence-electron chi connectivity index (χ1n) is 6.26. The first kappa shape index (κ1) is 15.1. The van der Waals surface area contributed by atoms with Gasteiger partial charge in [0.2, 0.25) is 0 Å². The average Bonchev–Trinajstić information content (AvgIpc) is 2.45. The lowest BCUT2D eigenvalue weighted by atomic mass is 10.0. The van der Waals surface area contributed by atoms with Crippen molar-refractivity contribution >= 4 is 11.6 Å². The molecule has 0 radical (unpaired) electrons. The molecule has 0 fully saturated rings. The van der Waals surface area contributed by atoms with E-state index in [0.717, 1.165) is 6.07 Å². The molecule has 1 amide bonds. The van der Waals surface area contributed by atoms with Crippen molar-refractivity contribution in [1.29, 1.82) is 0 Å². The Morgan fingerprint density at radius 3 is 2.57 bits per heavy atom. The van der Waals surface area contributed by atoms with Gasteiger partial charge in [-0.15, -0.1) is 0 Å². The lowest BCUT2D eigenvalue weighted by Gasteiger charge is -2.10. The third-order valence-electron chi connectivity index (χ3n) is 2.92. The van der Waals surface area contributed by atoms with Crippen LogP contribution in [0.2, 0.25) is 0 Å². The Balaban J connectivity index is 2.31. The molecule has 0 atom stereocenters. The zero-order valence-corrected chi connectivity index (χ0v) is 11.0. The number of nitrogens with one attached hydrogen (secondary N) is 1. The summed E-state index contributed by atoms with van der Waals surface area (Å²) in [7, 11) is 0. The number of hydrogen-bond donors (Lipinski definition) is 2. The van der Waals surface area contributed by atoms with Crippen molar-refractivity contribution in [2.45, 2.75) is 6.42 Å². The number of amides is 1. The van der Waals surface area contributed by atoms with Crippen LogP contribution in [0.3, 0.4) is 0 Å². The van der Waals surface area contributed by atoms with E-state index in [9.17, 15) is 18.0 Å². The number of nitrogens with two attached hydrogens (primary N) is 1. The minimum absolute atomic E-state index is 0.284. The van der Waals surface area contributed by atoms with Crippen LogP contribution >= 0.6 is 0 Å². The van der Waals surface area contributed by atoms with Crippen LogP contribution in [0.4, 0.5) is 18.9 Å². The van der Waals surface area contributed by atoms with Crippen LogP contribution in [0.5, 0.6) is 0 Å². The van der Waals surface area contributed by atoms with Crippen molar-refractivity contribution in [3.63, 3.8) is 0 Å². The molecule has 0 heterocycles. The third-order valence-corrected chi connectivity index (χ3v) is 2.92. The number of benzene rings is 2. The quantitative estimate of drug-likeness (QED) is 0.852. The second-order valence-corrected chi connectivity index (χ2v) is 4.40. The van der Waals surface area contributed by atoms with E-state index in [4.69, 9.17) is 5.73 Å². The number of anilines is 1. The molecule has 2 rings (SSSR count). The molecule has 0 aliphatic heterocycles. The second kappa shape index (κ2) is 6.41. The molecule has 2 aromatic carbocycles. The van der Waals surface area contributed by atoms with Crippen molar-refractivity contribution in [2.24, 2.45) is 5.73 Å². The van der Waals surface area contributed by atoms with Gasteiger partial charge in [-0.2, -0.15) is 0 Å². The summed E-state index contributed by atoms with van der Waals surface area (Å²) in [6.45, 7) is 0.341. The van der Waals surface area contributed by atoms with Crippen LogP contribution in [0.15, 0.2) is 36.4 Å². The largest absolute Gasteiger partial charge is 0.330 e. The summed E-state index contributed by atoms with van der Waals surface area (Å²) in [6, 6.07) is 7.76. The molecular weight excluding hydrogens is 281 g/mol. The van der Waals surface area contributed by atoms with Gasteiger partial charge >= 0.3 is 0 Å². The van der Waals surface area contributed by atoms with Gasteiger partial charge in [0.25, 0.3) is 5.91 Å². The Morgan fingerprint density at radius 2 is 1.86 bits per heavy atom. The van der Waals surface area contributed by atoms with E-state index in [1.807, 2.05) is 0 Å². The van der Waals surface area contributed by atoms with Gasteiger partial charge in [-0.05, 0) is 24.6 Å². The van der Waals surface area contributed by atoms with E-state index in [-0.39, 0.29) is 5.56 Å². The molecule has 2 aromatic rings. The normalized spacial score (nSPS) is 10.5. The molecule has 0 saturated heterocycles. The predicted molar refractivity (Wildman–Crippen MR) is 73.5 cm³/mol. The summed E-state index contributed by atoms with van der Waals surface area (Å²) < 4.78 is 39.7. The number of carbonyl (C=O) groups excluding carboxylic acids is 1.